The van der Waals surface area contributed by atoms with E-state index < -0.39 is 11.7 Å². The molecule has 0 bridgehead atoms. The second-order valence-electron chi connectivity index (χ2n) is 8.12. The minimum absolute atomic E-state index is 0.0529. The van der Waals surface area contributed by atoms with Gasteiger partial charge < -0.3 is 14.6 Å². The summed E-state index contributed by atoms with van der Waals surface area (Å²) in [5.74, 6) is 1.28. The van der Waals surface area contributed by atoms with E-state index in [4.69, 9.17) is 16.0 Å². The lowest BCUT2D eigenvalue weighted by Gasteiger charge is -2.31. The van der Waals surface area contributed by atoms with Crippen molar-refractivity contribution in [2.24, 2.45) is 5.92 Å². The number of hydrogen-bond donors (Lipinski definition) is 1. The van der Waals surface area contributed by atoms with Crippen LogP contribution in [0.25, 0.3) is 11.6 Å². The van der Waals surface area contributed by atoms with Crippen LogP contribution < -0.4 is 10.2 Å². The first-order chi connectivity index (χ1) is 15.4. The normalized spacial score (nSPS) is 16.7. The Labute approximate surface area is 187 Å². The van der Waals surface area contributed by atoms with Gasteiger partial charge in [-0.1, -0.05) is 11.6 Å². The zero-order chi connectivity index (χ0) is 22.3. The molecule has 2 aliphatic rings. The van der Waals surface area contributed by atoms with Gasteiger partial charge in [0.15, 0.2) is 5.69 Å². The molecule has 11 heteroatoms. The van der Waals surface area contributed by atoms with Gasteiger partial charge in [0.25, 0.3) is 5.89 Å². The van der Waals surface area contributed by atoms with Gasteiger partial charge in [-0.25, -0.2) is 0 Å². The Bertz CT molecular complexity index is 1130. The summed E-state index contributed by atoms with van der Waals surface area (Å²) in [7, 11) is 0. The highest BCUT2D eigenvalue weighted by Crippen LogP contribution is 2.36. The van der Waals surface area contributed by atoms with Crippen LogP contribution in [-0.4, -0.2) is 40.0 Å². The highest BCUT2D eigenvalue weighted by atomic mass is 35.5. The maximum Gasteiger partial charge on any atom is 0.416 e. The van der Waals surface area contributed by atoms with Crippen molar-refractivity contribution < 1.29 is 17.6 Å². The molecule has 32 heavy (non-hydrogen) atoms. The predicted octanol–water partition coefficient (Wildman–Crippen LogP) is 3.91. The first kappa shape index (κ1) is 21.1. The zero-order valence-electron chi connectivity index (χ0n) is 17.0. The van der Waals surface area contributed by atoms with Crippen LogP contribution >= 0.6 is 11.6 Å². The smallest absolute Gasteiger partial charge is 0.416 e. The van der Waals surface area contributed by atoms with Crippen LogP contribution in [0.3, 0.4) is 0 Å². The van der Waals surface area contributed by atoms with Gasteiger partial charge in [0, 0.05) is 24.5 Å². The van der Waals surface area contributed by atoms with Crippen molar-refractivity contribution in [3.8, 4) is 11.6 Å². The molecule has 168 valence electrons. The fourth-order valence-corrected chi connectivity index (χ4v) is 4.23. The Morgan fingerprint density at radius 2 is 1.97 bits per heavy atom. The number of fused-ring (bicyclic) bond motifs is 1. The summed E-state index contributed by atoms with van der Waals surface area (Å²) in [5.41, 5.74) is 1.28. The molecule has 5 rings (SSSR count). The van der Waals surface area contributed by atoms with Crippen molar-refractivity contribution in [1.82, 2.24) is 25.7 Å². The average Bonchev–Trinajstić information content (AvgIpc) is 3.19. The third kappa shape index (κ3) is 4.29. The van der Waals surface area contributed by atoms with Crippen molar-refractivity contribution in [1.29, 1.82) is 0 Å². The van der Waals surface area contributed by atoms with Crippen molar-refractivity contribution >= 4 is 17.3 Å². The monoisotopic (exact) mass is 464 g/mol. The minimum Gasteiger partial charge on any atom is -0.419 e. The molecule has 0 amide bonds. The Morgan fingerprint density at radius 3 is 2.72 bits per heavy atom. The molecule has 2 aromatic heterocycles. The number of halogens is 4. The number of aryl methyl sites for hydroxylation is 1. The van der Waals surface area contributed by atoms with E-state index in [0.717, 1.165) is 37.0 Å². The van der Waals surface area contributed by atoms with Crippen LogP contribution in [0.15, 0.2) is 28.7 Å². The van der Waals surface area contributed by atoms with Crippen LogP contribution in [0, 0.1) is 5.92 Å². The number of alkyl halides is 3. The standard InChI is InChI=1S/C21H20ClF3N6O/c22-14-3-4-15(21(23,24)25)13(7-14)11-31-5-1-2-16-18(31)8-17(28-27-16)20-30-29-19(32-20)6-12-9-26-10-12/h3-4,7-8,12,26H,1-2,5-6,9-11H2. The molecule has 3 aromatic rings. The molecule has 4 heterocycles. The van der Waals surface area contributed by atoms with E-state index in [0.29, 0.717) is 36.9 Å². The van der Waals surface area contributed by atoms with Gasteiger partial charge in [0.1, 0.15) is 0 Å². The third-order valence-electron chi connectivity index (χ3n) is 5.78. The molecule has 2 aliphatic heterocycles. The Balaban J connectivity index is 1.43. The maximum atomic E-state index is 13.5. The highest BCUT2D eigenvalue weighted by molar-refractivity contribution is 6.30. The van der Waals surface area contributed by atoms with Crippen LogP contribution in [0.4, 0.5) is 18.9 Å². The van der Waals surface area contributed by atoms with Crippen LogP contribution in [0.1, 0.15) is 29.1 Å². The summed E-state index contributed by atoms with van der Waals surface area (Å²) in [6.07, 6.45) is -2.30. The molecule has 0 unspecified atom stereocenters. The van der Waals surface area contributed by atoms with Gasteiger partial charge in [-0.2, -0.15) is 18.3 Å². The maximum absolute atomic E-state index is 13.5. The summed E-state index contributed by atoms with van der Waals surface area (Å²) >= 11 is 6.00. The largest absolute Gasteiger partial charge is 0.419 e. The zero-order valence-corrected chi connectivity index (χ0v) is 17.7. The quantitative estimate of drug-likeness (QED) is 0.613. The first-order valence-electron chi connectivity index (χ1n) is 10.4. The summed E-state index contributed by atoms with van der Waals surface area (Å²) < 4.78 is 46.3. The Hall–Kier alpha value is -2.72. The summed E-state index contributed by atoms with van der Waals surface area (Å²) in [4.78, 5) is 1.87. The minimum atomic E-state index is -4.46. The molecule has 0 radical (unpaired) electrons. The summed E-state index contributed by atoms with van der Waals surface area (Å²) in [6.45, 7) is 2.49. The lowest BCUT2D eigenvalue weighted by atomic mass is 10.00. The van der Waals surface area contributed by atoms with Gasteiger partial charge >= 0.3 is 6.18 Å². The van der Waals surface area contributed by atoms with Crippen LogP contribution in [0.5, 0.6) is 0 Å². The van der Waals surface area contributed by atoms with Gasteiger partial charge in [-0.15, -0.1) is 15.3 Å². The average molecular weight is 465 g/mol. The van der Waals surface area contributed by atoms with E-state index in [-0.39, 0.29) is 23.0 Å². The van der Waals surface area contributed by atoms with Crippen molar-refractivity contribution in [2.45, 2.75) is 32.0 Å². The number of hydrogen-bond acceptors (Lipinski definition) is 7. The first-order valence-corrected chi connectivity index (χ1v) is 10.8. The third-order valence-corrected chi connectivity index (χ3v) is 6.01. The summed E-state index contributed by atoms with van der Waals surface area (Å²) in [6, 6.07) is 5.42. The molecule has 1 saturated heterocycles. The molecule has 0 aliphatic carbocycles. The van der Waals surface area contributed by atoms with E-state index in [1.165, 1.54) is 12.1 Å². The number of nitrogens with one attached hydrogen (secondary N) is 1. The molecule has 1 aromatic carbocycles. The predicted molar refractivity (Wildman–Crippen MR) is 111 cm³/mol. The number of benzene rings is 1. The number of aromatic nitrogens is 4. The molecule has 1 fully saturated rings. The second kappa shape index (κ2) is 8.32. The van der Waals surface area contributed by atoms with Crippen molar-refractivity contribution in [2.75, 3.05) is 24.5 Å². The van der Waals surface area contributed by atoms with Gasteiger partial charge in [-0.3, -0.25) is 0 Å². The molecule has 1 N–H and O–H groups in total. The van der Waals surface area contributed by atoms with E-state index in [2.05, 4.69) is 25.7 Å². The molecule has 0 saturated carbocycles. The van der Waals surface area contributed by atoms with Gasteiger partial charge in [0.05, 0.1) is 16.9 Å². The molecular formula is C21H20ClF3N6O. The lowest BCUT2D eigenvalue weighted by molar-refractivity contribution is -0.138. The van der Waals surface area contributed by atoms with Crippen molar-refractivity contribution in [3.63, 3.8) is 0 Å². The fourth-order valence-electron chi connectivity index (χ4n) is 4.04. The van der Waals surface area contributed by atoms with E-state index in [1.54, 1.807) is 6.07 Å². The number of rotatable bonds is 5. The van der Waals surface area contributed by atoms with E-state index in [1.807, 2.05) is 4.90 Å². The topological polar surface area (TPSA) is 80.0 Å². The van der Waals surface area contributed by atoms with E-state index >= 15 is 0 Å². The number of anilines is 1. The fraction of sp³-hybridized carbons (Fsp3) is 0.429. The SMILES string of the molecule is FC(F)(F)c1ccc(Cl)cc1CN1CCCc2nnc(-c3nnc(CC4CNC4)o3)cc21. The molecule has 7 nitrogen and oxygen atoms in total. The molecule has 0 spiro atoms. The molecule has 0 atom stereocenters. The number of nitrogens with zero attached hydrogens (tertiary/aromatic N) is 5. The molecular weight excluding hydrogens is 445 g/mol. The second-order valence-corrected chi connectivity index (χ2v) is 8.55. The van der Waals surface area contributed by atoms with Gasteiger partial charge in [-0.05, 0) is 61.7 Å². The Kier molecular flexibility index (Phi) is 5.50. The van der Waals surface area contributed by atoms with Gasteiger partial charge in [0.2, 0.25) is 5.89 Å². The van der Waals surface area contributed by atoms with E-state index in [9.17, 15) is 13.2 Å². The Morgan fingerprint density at radius 1 is 1.12 bits per heavy atom. The summed E-state index contributed by atoms with van der Waals surface area (Å²) in [5, 5.41) is 20.2. The van der Waals surface area contributed by atoms with Crippen LogP contribution in [0.2, 0.25) is 5.02 Å². The van der Waals surface area contributed by atoms with Crippen molar-refractivity contribution in [3.05, 3.63) is 52.0 Å². The highest BCUT2D eigenvalue weighted by Gasteiger charge is 2.34. The van der Waals surface area contributed by atoms with Crippen LogP contribution in [-0.2, 0) is 25.6 Å². The lowest BCUT2D eigenvalue weighted by Crippen LogP contribution is -2.43.